The Morgan fingerprint density at radius 3 is 1.71 bits per heavy atom. The third-order valence-electron chi connectivity index (χ3n) is 7.37. The normalized spacial score (nSPS) is 42.5. The van der Waals surface area contributed by atoms with Gasteiger partial charge in [-0.15, -0.1) is 0 Å². The first-order chi connectivity index (χ1) is 10.3. The molecule has 0 N–H and O–H groups in total. The number of hydrogen-bond acceptors (Lipinski definition) is 2. The molecule has 112 valence electrons. The smallest absolute Gasteiger partial charge is 0.149 e. The van der Waals surface area contributed by atoms with Crippen LogP contribution in [0.1, 0.15) is 64.2 Å². The zero-order chi connectivity index (χ0) is 14.4. The van der Waals surface area contributed by atoms with Crippen molar-refractivity contribution in [1.29, 1.82) is 10.5 Å². The molecule has 5 aliphatic rings. The minimum absolute atomic E-state index is 0.351. The quantitative estimate of drug-likeness (QED) is 0.738. The highest BCUT2D eigenvalue weighted by Gasteiger charge is 2.58. The van der Waals surface area contributed by atoms with E-state index in [0.717, 1.165) is 24.7 Å². The molecule has 5 fully saturated rings. The number of rotatable bonds is 2. The van der Waals surface area contributed by atoms with Crippen LogP contribution in [0, 0.1) is 63.6 Å². The van der Waals surface area contributed by atoms with Crippen LogP contribution in [0.5, 0.6) is 0 Å². The van der Waals surface area contributed by atoms with E-state index in [0.29, 0.717) is 23.7 Å². The zero-order valence-corrected chi connectivity index (χ0v) is 12.9. The predicted molar refractivity (Wildman–Crippen MR) is 80.8 cm³/mol. The van der Waals surface area contributed by atoms with Gasteiger partial charge in [-0.1, -0.05) is 19.3 Å². The van der Waals surface area contributed by atoms with Gasteiger partial charge in [0, 0.05) is 0 Å². The maximum atomic E-state index is 10.0. The summed E-state index contributed by atoms with van der Waals surface area (Å²) in [6.45, 7) is 0. The topological polar surface area (TPSA) is 47.6 Å². The molecule has 0 radical (unpaired) electrons. The third kappa shape index (κ3) is 1.95. The summed E-state index contributed by atoms with van der Waals surface area (Å²) in [5.41, 5.74) is -0.664. The minimum Gasteiger partial charge on any atom is -0.197 e. The predicted octanol–water partition coefficient (Wildman–Crippen LogP) is 4.67. The second-order valence-corrected chi connectivity index (χ2v) is 8.38. The summed E-state index contributed by atoms with van der Waals surface area (Å²) in [5.74, 6) is 3.95. The monoisotopic (exact) mass is 282 g/mol. The van der Waals surface area contributed by atoms with Gasteiger partial charge in [0.25, 0.3) is 0 Å². The Bertz CT molecular complexity index is 447. The second kappa shape index (κ2) is 5.01. The standard InChI is InChI=1S/C19H26N2/c20-11-19(12-21,17-4-2-1-3-5-17)18-15-7-13-6-14(9-15)10-16(18)8-13/h13-18H,1-10H2. The molecular formula is C19H26N2. The Labute approximate surface area is 128 Å². The molecule has 5 aliphatic carbocycles. The Morgan fingerprint density at radius 1 is 0.714 bits per heavy atom. The summed E-state index contributed by atoms with van der Waals surface area (Å²) in [5, 5.41) is 20.1. The number of hydrogen-bond donors (Lipinski definition) is 0. The van der Waals surface area contributed by atoms with Gasteiger partial charge >= 0.3 is 0 Å². The highest BCUT2D eigenvalue weighted by atomic mass is 14.6. The van der Waals surface area contributed by atoms with Gasteiger partial charge < -0.3 is 0 Å². The van der Waals surface area contributed by atoms with Crippen molar-refractivity contribution in [2.45, 2.75) is 64.2 Å². The lowest BCUT2D eigenvalue weighted by Gasteiger charge is -2.58. The lowest BCUT2D eigenvalue weighted by molar-refractivity contribution is -0.0829. The van der Waals surface area contributed by atoms with E-state index in [9.17, 15) is 10.5 Å². The van der Waals surface area contributed by atoms with Crippen LogP contribution in [0.2, 0.25) is 0 Å². The summed E-state index contributed by atoms with van der Waals surface area (Å²) in [7, 11) is 0. The molecule has 0 aromatic carbocycles. The average Bonchev–Trinajstić information content (AvgIpc) is 2.51. The van der Waals surface area contributed by atoms with Crippen LogP contribution in [-0.2, 0) is 0 Å². The van der Waals surface area contributed by atoms with Crippen molar-refractivity contribution >= 4 is 0 Å². The molecular weight excluding hydrogens is 256 g/mol. The molecule has 4 bridgehead atoms. The molecule has 0 saturated heterocycles. The first-order valence-corrected chi connectivity index (χ1v) is 9.09. The number of nitriles is 2. The van der Waals surface area contributed by atoms with Gasteiger partial charge in [0.15, 0.2) is 0 Å². The van der Waals surface area contributed by atoms with Crippen LogP contribution < -0.4 is 0 Å². The summed E-state index contributed by atoms with van der Waals surface area (Å²) < 4.78 is 0. The second-order valence-electron chi connectivity index (χ2n) is 8.38. The van der Waals surface area contributed by atoms with Gasteiger partial charge in [0.1, 0.15) is 5.41 Å². The van der Waals surface area contributed by atoms with Crippen molar-refractivity contribution < 1.29 is 0 Å². The molecule has 21 heavy (non-hydrogen) atoms. The molecule has 0 aromatic rings. The van der Waals surface area contributed by atoms with Crippen LogP contribution in [0.15, 0.2) is 0 Å². The van der Waals surface area contributed by atoms with E-state index in [1.165, 1.54) is 51.4 Å². The highest BCUT2D eigenvalue weighted by Crippen LogP contribution is 2.63. The van der Waals surface area contributed by atoms with E-state index >= 15 is 0 Å². The van der Waals surface area contributed by atoms with Crippen molar-refractivity contribution in [2.24, 2.45) is 40.9 Å². The molecule has 0 amide bonds. The molecule has 0 aromatic heterocycles. The van der Waals surface area contributed by atoms with Crippen molar-refractivity contribution in [3.63, 3.8) is 0 Å². The molecule has 5 rings (SSSR count). The van der Waals surface area contributed by atoms with Crippen LogP contribution in [-0.4, -0.2) is 0 Å². The largest absolute Gasteiger partial charge is 0.197 e. The third-order valence-corrected chi connectivity index (χ3v) is 7.37. The van der Waals surface area contributed by atoms with Gasteiger partial charge in [0.05, 0.1) is 12.1 Å². The van der Waals surface area contributed by atoms with Crippen molar-refractivity contribution in [3.05, 3.63) is 0 Å². The Hall–Kier alpha value is -1.02. The van der Waals surface area contributed by atoms with Crippen LogP contribution in [0.3, 0.4) is 0 Å². The fourth-order valence-electron chi connectivity index (χ4n) is 6.86. The fraction of sp³-hybridized carbons (Fsp3) is 0.895. The van der Waals surface area contributed by atoms with E-state index < -0.39 is 5.41 Å². The van der Waals surface area contributed by atoms with Gasteiger partial charge in [-0.2, -0.15) is 10.5 Å². The first kappa shape index (κ1) is 13.6. The van der Waals surface area contributed by atoms with E-state index in [4.69, 9.17) is 0 Å². The maximum absolute atomic E-state index is 10.0. The van der Waals surface area contributed by atoms with Gasteiger partial charge in [-0.05, 0) is 80.5 Å². The summed E-state index contributed by atoms with van der Waals surface area (Å²) in [6.07, 6.45) is 12.7. The summed E-state index contributed by atoms with van der Waals surface area (Å²) >= 11 is 0. The molecule has 0 heterocycles. The summed E-state index contributed by atoms with van der Waals surface area (Å²) in [6, 6.07) is 5.20. The van der Waals surface area contributed by atoms with E-state index in [1.807, 2.05) is 0 Å². The molecule has 2 nitrogen and oxygen atoms in total. The van der Waals surface area contributed by atoms with Crippen molar-refractivity contribution in [2.75, 3.05) is 0 Å². The highest BCUT2D eigenvalue weighted by molar-refractivity contribution is 5.23. The summed E-state index contributed by atoms with van der Waals surface area (Å²) in [4.78, 5) is 0. The molecule has 5 saturated carbocycles. The lowest BCUT2D eigenvalue weighted by Crippen LogP contribution is -2.53. The maximum Gasteiger partial charge on any atom is 0.149 e. The Morgan fingerprint density at radius 2 is 1.24 bits per heavy atom. The van der Waals surface area contributed by atoms with E-state index in [-0.39, 0.29) is 0 Å². The SMILES string of the molecule is N#CC(C#N)(C1CCCCC1)C1C2CC3CC(C2)CC1C3. The molecule has 2 heteroatoms. The van der Waals surface area contributed by atoms with Crippen LogP contribution in [0.25, 0.3) is 0 Å². The Kier molecular flexibility index (Phi) is 3.25. The lowest BCUT2D eigenvalue weighted by atomic mass is 9.44. The van der Waals surface area contributed by atoms with E-state index in [1.54, 1.807) is 0 Å². The molecule has 0 spiro atoms. The van der Waals surface area contributed by atoms with Crippen LogP contribution in [0.4, 0.5) is 0 Å². The number of nitrogens with zero attached hydrogens (tertiary/aromatic N) is 2. The van der Waals surface area contributed by atoms with Gasteiger partial charge in [0.2, 0.25) is 0 Å². The van der Waals surface area contributed by atoms with Gasteiger partial charge in [-0.3, -0.25) is 0 Å². The average molecular weight is 282 g/mol. The fourth-order valence-corrected chi connectivity index (χ4v) is 6.86. The van der Waals surface area contributed by atoms with E-state index in [2.05, 4.69) is 12.1 Å². The molecule has 0 unspecified atom stereocenters. The molecule has 0 aliphatic heterocycles. The van der Waals surface area contributed by atoms with Crippen molar-refractivity contribution in [1.82, 2.24) is 0 Å². The first-order valence-electron chi connectivity index (χ1n) is 9.09. The van der Waals surface area contributed by atoms with Gasteiger partial charge in [-0.25, -0.2) is 0 Å². The van der Waals surface area contributed by atoms with Crippen LogP contribution >= 0.6 is 0 Å². The Balaban J connectivity index is 1.68. The van der Waals surface area contributed by atoms with Crippen molar-refractivity contribution in [3.8, 4) is 12.1 Å². The molecule has 0 atom stereocenters. The zero-order valence-electron chi connectivity index (χ0n) is 12.9. The minimum atomic E-state index is -0.664.